The van der Waals surface area contributed by atoms with Gasteiger partial charge in [-0.1, -0.05) is 33.1 Å². The highest BCUT2D eigenvalue weighted by Gasteiger charge is 2.43. The molecule has 2 nitrogen and oxygen atoms in total. The van der Waals surface area contributed by atoms with Gasteiger partial charge in [0, 0.05) is 31.2 Å². The molecule has 0 amide bonds. The van der Waals surface area contributed by atoms with E-state index in [1.54, 1.807) is 0 Å². The zero-order chi connectivity index (χ0) is 12.6. The van der Waals surface area contributed by atoms with Crippen molar-refractivity contribution < 1.29 is 0 Å². The molecule has 2 saturated carbocycles. The second-order valence-corrected chi connectivity index (χ2v) is 7.19. The molecule has 104 valence electrons. The zero-order valence-corrected chi connectivity index (χ0v) is 12.3. The Morgan fingerprint density at radius 2 is 2.00 bits per heavy atom. The second-order valence-electron chi connectivity index (χ2n) is 7.19. The predicted octanol–water partition coefficient (Wildman–Crippen LogP) is 3.03. The molecule has 0 aromatic rings. The summed E-state index contributed by atoms with van der Waals surface area (Å²) in [6.07, 6.45) is 10.0. The molecule has 18 heavy (non-hydrogen) atoms. The van der Waals surface area contributed by atoms with Crippen LogP contribution in [0.25, 0.3) is 0 Å². The van der Waals surface area contributed by atoms with Crippen LogP contribution >= 0.6 is 0 Å². The van der Waals surface area contributed by atoms with Crippen LogP contribution in [-0.4, -0.2) is 36.1 Å². The van der Waals surface area contributed by atoms with Crippen molar-refractivity contribution in [2.75, 3.05) is 19.6 Å². The molecule has 1 heterocycles. The van der Waals surface area contributed by atoms with Gasteiger partial charge in [-0.15, -0.1) is 0 Å². The first-order valence-electron chi connectivity index (χ1n) is 8.21. The minimum atomic E-state index is 0.499. The van der Waals surface area contributed by atoms with E-state index in [-0.39, 0.29) is 0 Å². The Balaban J connectivity index is 1.68. The number of hydrogen-bond acceptors (Lipinski definition) is 2. The number of nitrogens with one attached hydrogen (secondary N) is 1. The van der Waals surface area contributed by atoms with Crippen LogP contribution in [0.15, 0.2) is 0 Å². The molecule has 0 aromatic carbocycles. The van der Waals surface area contributed by atoms with E-state index in [1.807, 2.05) is 0 Å². The highest BCUT2D eigenvalue weighted by Crippen LogP contribution is 2.37. The number of nitrogens with zero attached hydrogens (tertiary/aromatic N) is 1. The third-order valence-corrected chi connectivity index (χ3v) is 5.71. The molecule has 1 saturated heterocycles. The highest BCUT2D eigenvalue weighted by molar-refractivity contribution is 5.02. The van der Waals surface area contributed by atoms with Crippen molar-refractivity contribution in [2.24, 2.45) is 11.8 Å². The summed E-state index contributed by atoms with van der Waals surface area (Å²) in [4.78, 5) is 2.87. The van der Waals surface area contributed by atoms with Crippen LogP contribution in [0, 0.1) is 11.8 Å². The number of hydrogen-bond donors (Lipinski definition) is 1. The van der Waals surface area contributed by atoms with E-state index in [1.165, 1.54) is 64.6 Å². The molecule has 3 fully saturated rings. The lowest BCUT2D eigenvalue weighted by molar-refractivity contribution is 0.0482. The van der Waals surface area contributed by atoms with Crippen molar-refractivity contribution in [1.82, 2.24) is 10.2 Å². The maximum absolute atomic E-state index is 3.94. The van der Waals surface area contributed by atoms with E-state index in [2.05, 4.69) is 24.1 Å². The number of rotatable bonds is 4. The van der Waals surface area contributed by atoms with E-state index >= 15 is 0 Å². The summed E-state index contributed by atoms with van der Waals surface area (Å²) in [6.45, 7) is 8.75. The Morgan fingerprint density at radius 3 is 2.61 bits per heavy atom. The van der Waals surface area contributed by atoms with Gasteiger partial charge in [-0.25, -0.2) is 0 Å². The van der Waals surface area contributed by atoms with Crippen LogP contribution in [0.2, 0.25) is 0 Å². The van der Waals surface area contributed by atoms with E-state index in [0.29, 0.717) is 5.54 Å². The van der Waals surface area contributed by atoms with Gasteiger partial charge in [0.15, 0.2) is 0 Å². The fourth-order valence-electron chi connectivity index (χ4n) is 4.06. The predicted molar refractivity (Wildman–Crippen MR) is 76.7 cm³/mol. The average molecular weight is 250 g/mol. The van der Waals surface area contributed by atoms with Gasteiger partial charge < -0.3 is 5.32 Å². The van der Waals surface area contributed by atoms with Gasteiger partial charge in [-0.05, 0) is 37.5 Å². The molecular weight excluding hydrogens is 220 g/mol. The minimum Gasteiger partial charge on any atom is -0.308 e. The van der Waals surface area contributed by atoms with Gasteiger partial charge in [0.05, 0.1) is 0 Å². The molecule has 2 aliphatic carbocycles. The van der Waals surface area contributed by atoms with E-state index in [0.717, 1.165) is 17.9 Å². The molecule has 0 aromatic heterocycles. The van der Waals surface area contributed by atoms with Crippen molar-refractivity contribution in [3.05, 3.63) is 0 Å². The van der Waals surface area contributed by atoms with Crippen LogP contribution < -0.4 is 5.32 Å². The van der Waals surface area contributed by atoms with Crippen LogP contribution in [-0.2, 0) is 0 Å². The summed E-state index contributed by atoms with van der Waals surface area (Å²) in [6, 6.07) is 0.793. The third-order valence-electron chi connectivity index (χ3n) is 5.71. The third kappa shape index (κ3) is 2.60. The van der Waals surface area contributed by atoms with Crippen molar-refractivity contribution >= 4 is 0 Å². The minimum absolute atomic E-state index is 0.499. The Morgan fingerprint density at radius 1 is 1.28 bits per heavy atom. The van der Waals surface area contributed by atoms with E-state index < -0.39 is 0 Å². The molecular formula is C16H30N2. The molecule has 0 bridgehead atoms. The van der Waals surface area contributed by atoms with Crippen LogP contribution in [0.1, 0.15) is 58.8 Å². The Hall–Kier alpha value is -0.0800. The monoisotopic (exact) mass is 250 g/mol. The van der Waals surface area contributed by atoms with E-state index in [9.17, 15) is 0 Å². The molecule has 2 unspecified atom stereocenters. The normalized spacial score (nSPS) is 34.0. The van der Waals surface area contributed by atoms with Crippen LogP contribution in [0.5, 0.6) is 0 Å². The largest absolute Gasteiger partial charge is 0.308 e. The maximum Gasteiger partial charge on any atom is 0.0309 e. The van der Waals surface area contributed by atoms with Gasteiger partial charge in [-0.2, -0.15) is 0 Å². The summed E-state index contributed by atoms with van der Waals surface area (Å²) in [7, 11) is 0. The van der Waals surface area contributed by atoms with Gasteiger partial charge in [-0.3, -0.25) is 4.90 Å². The first-order chi connectivity index (χ1) is 8.72. The van der Waals surface area contributed by atoms with Gasteiger partial charge in [0.25, 0.3) is 0 Å². The van der Waals surface area contributed by atoms with Crippen molar-refractivity contribution in [1.29, 1.82) is 0 Å². The lowest BCUT2D eigenvalue weighted by atomic mass is 9.87. The Kier molecular flexibility index (Phi) is 3.68. The Labute approximate surface area is 113 Å². The van der Waals surface area contributed by atoms with Crippen LogP contribution in [0.4, 0.5) is 0 Å². The zero-order valence-electron chi connectivity index (χ0n) is 12.3. The average Bonchev–Trinajstić information content (AvgIpc) is 3.08. The summed E-state index contributed by atoms with van der Waals surface area (Å²) in [5, 5.41) is 3.94. The van der Waals surface area contributed by atoms with Gasteiger partial charge in [0.1, 0.15) is 0 Å². The van der Waals surface area contributed by atoms with Gasteiger partial charge in [0.2, 0.25) is 0 Å². The molecule has 2 atom stereocenters. The maximum atomic E-state index is 3.94. The van der Waals surface area contributed by atoms with Crippen LogP contribution in [0.3, 0.4) is 0 Å². The summed E-state index contributed by atoms with van der Waals surface area (Å²) >= 11 is 0. The first kappa shape index (κ1) is 12.9. The molecule has 1 aliphatic heterocycles. The SMILES string of the molecule is CCC(C)C1CNC2(CCCC2)CN1CC1CC1. The van der Waals surface area contributed by atoms with Crippen molar-refractivity contribution in [3.63, 3.8) is 0 Å². The summed E-state index contributed by atoms with van der Waals surface area (Å²) in [5.74, 6) is 1.88. The van der Waals surface area contributed by atoms with E-state index in [4.69, 9.17) is 0 Å². The highest BCUT2D eigenvalue weighted by atomic mass is 15.3. The van der Waals surface area contributed by atoms with Crippen molar-refractivity contribution in [3.8, 4) is 0 Å². The molecule has 3 rings (SSSR count). The fourth-order valence-corrected chi connectivity index (χ4v) is 4.06. The summed E-state index contributed by atoms with van der Waals surface area (Å²) < 4.78 is 0. The quantitative estimate of drug-likeness (QED) is 0.825. The molecule has 3 aliphatic rings. The molecule has 0 radical (unpaired) electrons. The second kappa shape index (κ2) is 5.13. The Bertz CT molecular complexity index is 279. The van der Waals surface area contributed by atoms with Crippen molar-refractivity contribution in [2.45, 2.75) is 70.4 Å². The smallest absolute Gasteiger partial charge is 0.0309 e. The lowest BCUT2D eigenvalue weighted by Crippen LogP contribution is -2.64. The molecule has 1 spiro atoms. The summed E-state index contributed by atoms with van der Waals surface area (Å²) in [5.41, 5.74) is 0.499. The number of piperazine rings is 1. The topological polar surface area (TPSA) is 15.3 Å². The lowest BCUT2D eigenvalue weighted by Gasteiger charge is -2.48. The van der Waals surface area contributed by atoms with Gasteiger partial charge >= 0.3 is 0 Å². The standard InChI is InChI=1S/C16H30N2/c1-3-13(2)15-10-17-16(8-4-5-9-16)12-18(15)11-14-6-7-14/h13-15,17H,3-12H2,1-2H3. The fraction of sp³-hybridized carbons (Fsp3) is 1.00. The first-order valence-corrected chi connectivity index (χ1v) is 8.21. The molecule has 1 N–H and O–H groups in total. The molecule has 2 heteroatoms.